The molecule has 1 aliphatic heterocycles. The lowest BCUT2D eigenvalue weighted by atomic mass is 10.3. The first-order valence-electron chi connectivity index (χ1n) is 5.75. The molecule has 1 fully saturated rings. The molecular weight excluding hydrogens is 237 g/mol. The molecule has 1 saturated heterocycles. The molecule has 2 atom stereocenters. The van der Waals surface area contributed by atoms with Crippen LogP contribution in [0.15, 0.2) is 0 Å². The van der Waals surface area contributed by atoms with E-state index < -0.39 is 24.9 Å². The number of hydrogen-bond donors (Lipinski definition) is 3. The Morgan fingerprint density at radius 1 is 1.12 bits per heavy atom. The van der Waals surface area contributed by atoms with Gasteiger partial charge in [0.05, 0.1) is 6.10 Å². The van der Waals surface area contributed by atoms with Gasteiger partial charge >= 0.3 is 6.18 Å². The topological polar surface area (TPSA) is 55.7 Å². The Balaban J connectivity index is 2.09. The zero-order valence-corrected chi connectivity index (χ0v) is 9.58. The predicted octanol–water partition coefficient (Wildman–Crippen LogP) is -0.0441. The molecule has 0 radical (unpaired) electrons. The summed E-state index contributed by atoms with van der Waals surface area (Å²) in [6.45, 7) is 1.81. The predicted molar refractivity (Wildman–Crippen MR) is 56.6 cm³/mol. The highest BCUT2D eigenvalue weighted by Gasteiger charge is 2.37. The number of halogens is 3. The Morgan fingerprint density at radius 2 is 1.71 bits per heavy atom. The van der Waals surface area contributed by atoms with Gasteiger partial charge in [0.2, 0.25) is 0 Å². The first kappa shape index (κ1) is 14.7. The van der Waals surface area contributed by atoms with Crippen molar-refractivity contribution < 1.29 is 23.4 Å². The van der Waals surface area contributed by atoms with Crippen LogP contribution in [0.25, 0.3) is 0 Å². The van der Waals surface area contributed by atoms with Crippen molar-refractivity contribution in [2.75, 3.05) is 32.7 Å². The second-order valence-corrected chi connectivity index (χ2v) is 4.38. The highest BCUT2D eigenvalue weighted by molar-refractivity contribution is 4.73. The molecule has 0 spiro atoms. The van der Waals surface area contributed by atoms with E-state index in [0.29, 0.717) is 6.54 Å². The molecule has 0 amide bonds. The third kappa shape index (κ3) is 5.67. The number of nitrogens with one attached hydrogen (secondary N) is 1. The van der Waals surface area contributed by atoms with Crippen molar-refractivity contribution in [1.82, 2.24) is 10.2 Å². The van der Waals surface area contributed by atoms with Gasteiger partial charge in [0.25, 0.3) is 0 Å². The minimum absolute atomic E-state index is 0.0592. The first-order chi connectivity index (χ1) is 7.89. The Labute approximate surface area is 98.4 Å². The molecule has 1 aliphatic rings. The Bertz CT molecular complexity index is 220. The van der Waals surface area contributed by atoms with E-state index in [-0.39, 0.29) is 6.54 Å². The monoisotopic (exact) mass is 256 g/mol. The van der Waals surface area contributed by atoms with Crippen LogP contribution in [0.3, 0.4) is 0 Å². The van der Waals surface area contributed by atoms with E-state index >= 15 is 0 Å². The van der Waals surface area contributed by atoms with E-state index in [4.69, 9.17) is 5.11 Å². The number of nitrogens with zero attached hydrogens (tertiary/aromatic N) is 1. The fourth-order valence-corrected chi connectivity index (χ4v) is 1.83. The molecule has 1 rings (SSSR count). The minimum atomic E-state index is -4.60. The number of hydrogen-bond acceptors (Lipinski definition) is 4. The van der Waals surface area contributed by atoms with E-state index in [2.05, 4.69) is 10.2 Å². The summed E-state index contributed by atoms with van der Waals surface area (Å²) in [4.78, 5) is 2.08. The Kier molecular flexibility index (Phi) is 5.64. The third-order valence-electron chi connectivity index (χ3n) is 2.76. The summed E-state index contributed by atoms with van der Waals surface area (Å²) in [7, 11) is 0. The largest absolute Gasteiger partial charge is 0.415 e. The van der Waals surface area contributed by atoms with Gasteiger partial charge in [-0.1, -0.05) is 0 Å². The molecule has 3 N–H and O–H groups in total. The van der Waals surface area contributed by atoms with Crippen LogP contribution in [0.4, 0.5) is 13.2 Å². The van der Waals surface area contributed by atoms with Gasteiger partial charge in [-0.05, 0) is 25.9 Å². The van der Waals surface area contributed by atoms with Crippen LogP contribution in [0, 0.1) is 0 Å². The van der Waals surface area contributed by atoms with Crippen LogP contribution >= 0.6 is 0 Å². The SMILES string of the molecule is OC(CNCC(O)C(F)(F)F)CN1CCCC1. The quantitative estimate of drug-likeness (QED) is 0.624. The highest BCUT2D eigenvalue weighted by atomic mass is 19.4. The number of alkyl halides is 3. The van der Waals surface area contributed by atoms with Crippen molar-refractivity contribution >= 4 is 0 Å². The third-order valence-corrected chi connectivity index (χ3v) is 2.76. The van der Waals surface area contributed by atoms with E-state index in [9.17, 15) is 18.3 Å². The summed E-state index contributed by atoms with van der Waals surface area (Å²) in [6.07, 6.45) is -5.47. The van der Waals surface area contributed by atoms with Gasteiger partial charge in [0.1, 0.15) is 0 Å². The maximum absolute atomic E-state index is 11.9. The van der Waals surface area contributed by atoms with Gasteiger partial charge in [0, 0.05) is 19.6 Å². The lowest BCUT2D eigenvalue weighted by molar-refractivity contribution is -0.202. The summed E-state index contributed by atoms with van der Waals surface area (Å²) in [5.74, 6) is 0. The lowest BCUT2D eigenvalue weighted by Gasteiger charge is -2.21. The molecule has 1 heterocycles. The van der Waals surface area contributed by atoms with Crippen LogP contribution in [-0.2, 0) is 0 Å². The second kappa shape index (κ2) is 6.53. The van der Waals surface area contributed by atoms with Gasteiger partial charge in [-0.15, -0.1) is 0 Å². The molecule has 0 aliphatic carbocycles. The van der Waals surface area contributed by atoms with Gasteiger partial charge < -0.3 is 20.4 Å². The zero-order chi connectivity index (χ0) is 12.9. The van der Waals surface area contributed by atoms with Crippen molar-refractivity contribution in [1.29, 1.82) is 0 Å². The van der Waals surface area contributed by atoms with Gasteiger partial charge in [-0.3, -0.25) is 0 Å². The average Bonchev–Trinajstić information content (AvgIpc) is 2.68. The van der Waals surface area contributed by atoms with Crippen molar-refractivity contribution in [3.05, 3.63) is 0 Å². The van der Waals surface area contributed by atoms with Crippen molar-refractivity contribution in [2.45, 2.75) is 31.2 Å². The van der Waals surface area contributed by atoms with E-state index in [1.54, 1.807) is 0 Å². The fraction of sp³-hybridized carbons (Fsp3) is 1.00. The molecule has 7 heteroatoms. The van der Waals surface area contributed by atoms with Crippen molar-refractivity contribution in [3.63, 3.8) is 0 Å². The summed E-state index contributed by atoms with van der Waals surface area (Å²) in [5, 5.41) is 20.7. The zero-order valence-electron chi connectivity index (χ0n) is 9.58. The second-order valence-electron chi connectivity index (χ2n) is 4.38. The molecule has 0 aromatic heterocycles. The molecule has 17 heavy (non-hydrogen) atoms. The number of β-amino-alcohol motifs (C(OH)–C–C–N with tert-alkyl or cyclic N) is 1. The smallest absolute Gasteiger partial charge is 0.390 e. The van der Waals surface area contributed by atoms with Crippen molar-refractivity contribution in [3.8, 4) is 0 Å². The van der Waals surface area contributed by atoms with Crippen LogP contribution in [0.2, 0.25) is 0 Å². The van der Waals surface area contributed by atoms with Crippen LogP contribution in [-0.4, -0.2) is 66.2 Å². The van der Waals surface area contributed by atoms with Gasteiger partial charge in [-0.2, -0.15) is 13.2 Å². The summed E-state index contributed by atoms with van der Waals surface area (Å²) in [5.41, 5.74) is 0. The first-order valence-corrected chi connectivity index (χ1v) is 5.75. The number of aliphatic hydroxyl groups is 2. The molecule has 4 nitrogen and oxygen atoms in total. The molecule has 0 aromatic carbocycles. The summed E-state index contributed by atoms with van der Waals surface area (Å²) in [6, 6.07) is 0. The standard InChI is InChI=1S/C10H19F3N2O2/c11-10(12,13)9(17)6-14-5-8(16)7-15-3-1-2-4-15/h8-9,14,16-17H,1-7H2. The number of likely N-dealkylation sites (tertiary alicyclic amines) is 1. The summed E-state index contributed by atoms with van der Waals surface area (Å²) < 4.78 is 35.8. The Morgan fingerprint density at radius 3 is 2.24 bits per heavy atom. The molecule has 0 bridgehead atoms. The molecule has 0 aromatic rings. The highest BCUT2D eigenvalue weighted by Crippen LogP contribution is 2.19. The lowest BCUT2D eigenvalue weighted by Crippen LogP contribution is -2.43. The van der Waals surface area contributed by atoms with Gasteiger partial charge in [-0.25, -0.2) is 0 Å². The van der Waals surface area contributed by atoms with E-state index in [1.165, 1.54) is 0 Å². The van der Waals surface area contributed by atoms with Crippen molar-refractivity contribution in [2.24, 2.45) is 0 Å². The maximum atomic E-state index is 11.9. The minimum Gasteiger partial charge on any atom is -0.390 e. The Hall–Kier alpha value is -0.370. The van der Waals surface area contributed by atoms with Crippen LogP contribution in [0.5, 0.6) is 0 Å². The van der Waals surface area contributed by atoms with Crippen LogP contribution in [0.1, 0.15) is 12.8 Å². The van der Waals surface area contributed by atoms with Gasteiger partial charge in [0.15, 0.2) is 6.10 Å². The molecular formula is C10H19F3N2O2. The van der Waals surface area contributed by atoms with E-state index in [0.717, 1.165) is 25.9 Å². The van der Waals surface area contributed by atoms with E-state index in [1.807, 2.05) is 0 Å². The average molecular weight is 256 g/mol. The maximum Gasteiger partial charge on any atom is 0.415 e. The number of aliphatic hydroxyl groups excluding tert-OH is 2. The molecule has 2 unspecified atom stereocenters. The normalized spacial score (nSPS) is 21.7. The molecule has 0 saturated carbocycles. The van der Waals surface area contributed by atoms with Crippen LogP contribution < -0.4 is 5.32 Å². The number of rotatable bonds is 6. The summed E-state index contributed by atoms with van der Waals surface area (Å²) >= 11 is 0. The molecule has 102 valence electrons. The fourth-order valence-electron chi connectivity index (χ4n) is 1.83.